The number of rotatable bonds is 2. The number of Topliss-reactive ketones (excluding diaryl/α,β-unsaturated/α-hetero) is 1. The van der Waals surface area contributed by atoms with Gasteiger partial charge in [-0.3, -0.25) is 4.79 Å². The molecular formula is C19H18ClNO4S. The number of carbonyl (C=O) groups is 1. The molecule has 1 atom stereocenters. The number of ketones is 1. The molecule has 5 nitrogen and oxygen atoms in total. The van der Waals surface area contributed by atoms with Gasteiger partial charge in [-0.05, 0) is 36.8 Å². The Morgan fingerprint density at radius 2 is 1.92 bits per heavy atom. The van der Waals surface area contributed by atoms with Gasteiger partial charge < -0.3 is 4.74 Å². The number of sulfonamides is 1. The molecule has 0 saturated carbocycles. The van der Waals surface area contributed by atoms with E-state index in [0.717, 1.165) is 0 Å². The van der Waals surface area contributed by atoms with Gasteiger partial charge in [0.1, 0.15) is 11.4 Å². The molecule has 2 aliphatic rings. The highest BCUT2D eigenvalue weighted by Crippen LogP contribution is 2.40. The molecule has 26 heavy (non-hydrogen) atoms. The van der Waals surface area contributed by atoms with Crippen molar-refractivity contribution < 1.29 is 17.9 Å². The van der Waals surface area contributed by atoms with Crippen molar-refractivity contribution in [3.8, 4) is 5.75 Å². The molecule has 0 aromatic heterocycles. The van der Waals surface area contributed by atoms with Crippen LogP contribution in [-0.2, 0) is 10.0 Å². The molecule has 2 aromatic carbocycles. The molecule has 2 aromatic rings. The van der Waals surface area contributed by atoms with Gasteiger partial charge in [-0.25, -0.2) is 8.42 Å². The van der Waals surface area contributed by atoms with Gasteiger partial charge in [0.15, 0.2) is 5.78 Å². The zero-order chi connectivity index (χ0) is 18.5. The zero-order valence-electron chi connectivity index (χ0n) is 14.2. The second kappa shape index (κ2) is 6.08. The third kappa shape index (κ3) is 2.73. The van der Waals surface area contributed by atoms with E-state index in [1.807, 2.05) is 6.07 Å². The minimum absolute atomic E-state index is 0.00923. The molecule has 0 radical (unpaired) electrons. The van der Waals surface area contributed by atoms with Gasteiger partial charge in [-0.1, -0.05) is 29.8 Å². The maximum atomic E-state index is 13.1. The van der Waals surface area contributed by atoms with Crippen molar-refractivity contribution in [1.29, 1.82) is 0 Å². The fraction of sp³-hybridized carbons (Fsp3) is 0.316. The molecule has 0 N–H and O–H groups in total. The van der Waals surface area contributed by atoms with Crippen molar-refractivity contribution in [3.05, 3.63) is 58.6 Å². The first kappa shape index (κ1) is 17.5. The van der Waals surface area contributed by atoms with Crippen LogP contribution < -0.4 is 4.74 Å². The molecule has 1 saturated heterocycles. The third-order valence-electron chi connectivity index (χ3n) is 5.11. The van der Waals surface area contributed by atoms with Crippen molar-refractivity contribution >= 4 is 27.4 Å². The number of halogens is 1. The van der Waals surface area contributed by atoms with Crippen LogP contribution in [0.1, 0.15) is 28.8 Å². The van der Waals surface area contributed by atoms with Crippen LogP contribution in [0.25, 0.3) is 0 Å². The summed E-state index contributed by atoms with van der Waals surface area (Å²) < 4.78 is 33.7. The van der Waals surface area contributed by atoms with Gasteiger partial charge in [0.25, 0.3) is 0 Å². The minimum Gasteiger partial charge on any atom is -0.485 e. The van der Waals surface area contributed by atoms with E-state index >= 15 is 0 Å². The molecule has 1 spiro atoms. The number of nitrogens with zero attached hydrogens (tertiary/aromatic N) is 1. The summed E-state index contributed by atoms with van der Waals surface area (Å²) in [4.78, 5) is 12.7. The molecule has 0 aliphatic carbocycles. The average Bonchev–Trinajstić information content (AvgIpc) is 3.01. The number of para-hydroxylation sites is 1. The number of carbonyl (C=O) groups excluding carboxylic acids is 1. The van der Waals surface area contributed by atoms with Crippen molar-refractivity contribution in [2.45, 2.75) is 30.3 Å². The predicted molar refractivity (Wildman–Crippen MR) is 98.3 cm³/mol. The van der Waals surface area contributed by atoms with Crippen LogP contribution in [0.2, 0.25) is 5.02 Å². The normalized spacial score (nSPS) is 23.1. The summed E-state index contributed by atoms with van der Waals surface area (Å²) in [5.41, 5.74) is 0.288. The Labute approximate surface area is 157 Å². The van der Waals surface area contributed by atoms with E-state index < -0.39 is 15.6 Å². The van der Waals surface area contributed by atoms with Crippen molar-refractivity contribution in [1.82, 2.24) is 4.31 Å². The Hall–Kier alpha value is -1.89. The fourth-order valence-corrected chi connectivity index (χ4v) is 5.68. The average molecular weight is 392 g/mol. The molecular weight excluding hydrogens is 374 g/mol. The Kier molecular flexibility index (Phi) is 4.10. The SMILES string of the molecule is Cc1c(Cl)cccc1S(=O)(=O)N1CC[C@]2(CC(=O)c3ccccc3O2)C1. The molecule has 2 heterocycles. The monoisotopic (exact) mass is 391 g/mol. The quantitative estimate of drug-likeness (QED) is 0.786. The summed E-state index contributed by atoms with van der Waals surface area (Å²) in [6.07, 6.45) is 0.663. The highest BCUT2D eigenvalue weighted by molar-refractivity contribution is 7.89. The number of hydrogen-bond donors (Lipinski definition) is 0. The van der Waals surface area contributed by atoms with Gasteiger partial charge >= 0.3 is 0 Å². The van der Waals surface area contributed by atoms with Crippen LogP contribution in [0.15, 0.2) is 47.4 Å². The predicted octanol–water partition coefficient (Wildman–Crippen LogP) is 3.45. The summed E-state index contributed by atoms with van der Waals surface area (Å²) in [6, 6.07) is 12.0. The summed E-state index contributed by atoms with van der Waals surface area (Å²) in [5.74, 6) is 0.520. The number of benzene rings is 2. The number of fused-ring (bicyclic) bond motifs is 1. The van der Waals surface area contributed by atoms with E-state index in [2.05, 4.69) is 0 Å². The van der Waals surface area contributed by atoms with Crippen LogP contribution in [0.5, 0.6) is 5.75 Å². The first-order valence-electron chi connectivity index (χ1n) is 8.39. The lowest BCUT2D eigenvalue weighted by Gasteiger charge is -2.34. The minimum atomic E-state index is -3.70. The molecule has 0 bridgehead atoms. The van der Waals surface area contributed by atoms with Crippen LogP contribution >= 0.6 is 11.6 Å². The smallest absolute Gasteiger partial charge is 0.243 e. The lowest BCUT2D eigenvalue weighted by atomic mass is 9.89. The van der Waals surface area contributed by atoms with E-state index in [1.165, 1.54) is 4.31 Å². The second-order valence-electron chi connectivity index (χ2n) is 6.83. The van der Waals surface area contributed by atoms with Gasteiger partial charge in [0.05, 0.1) is 23.4 Å². The van der Waals surface area contributed by atoms with E-state index in [4.69, 9.17) is 16.3 Å². The molecule has 2 aliphatic heterocycles. The standard InChI is InChI=1S/C19H18ClNO4S/c1-13-15(20)6-4-8-18(13)26(23,24)21-10-9-19(12-21)11-16(22)14-5-2-3-7-17(14)25-19/h2-8H,9-12H2,1H3/t19-/m0/s1. The van der Waals surface area contributed by atoms with E-state index in [0.29, 0.717) is 34.9 Å². The van der Waals surface area contributed by atoms with Crippen LogP contribution in [-0.4, -0.2) is 37.2 Å². The topological polar surface area (TPSA) is 63.7 Å². The van der Waals surface area contributed by atoms with Crippen LogP contribution in [0.4, 0.5) is 0 Å². The number of hydrogen-bond acceptors (Lipinski definition) is 4. The highest BCUT2D eigenvalue weighted by Gasteiger charge is 2.49. The Bertz CT molecular complexity index is 1000. The summed E-state index contributed by atoms with van der Waals surface area (Å²) in [7, 11) is -3.70. The zero-order valence-corrected chi connectivity index (χ0v) is 15.8. The van der Waals surface area contributed by atoms with Gasteiger partial charge in [0, 0.05) is 18.0 Å². The Morgan fingerprint density at radius 3 is 2.73 bits per heavy atom. The molecule has 0 unspecified atom stereocenters. The van der Waals surface area contributed by atoms with Crippen molar-refractivity contribution in [3.63, 3.8) is 0 Å². The van der Waals surface area contributed by atoms with Crippen LogP contribution in [0, 0.1) is 6.92 Å². The molecule has 136 valence electrons. The van der Waals surface area contributed by atoms with Gasteiger partial charge in [0.2, 0.25) is 10.0 Å². The fourth-order valence-electron chi connectivity index (χ4n) is 3.69. The lowest BCUT2D eigenvalue weighted by Crippen LogP contribution is -2.45. The van der Waals surface area contributed by atoms with Crippen molar-refractivity contribution in [2.75, 3.05) is 13.1 Å². The van der Waals surface area contributed by atoms with E-state index in [-0.39, 0.29) is 23.6 Å². The van der Waals surface area contributed by atoms with E-state index in [1.54, 1.807) is 43.3 Å². The van der Waals surface area contributed by atoms with Crippen LogP contribution in [0.3, 0.4) is 0 Å². The first-order valence-corrected chi connectivity index (χ1v) is 10.2. The summed E-state index contributed by atoms with van der Waals surface area (Å²) in [5, 5.41) is 0.415. The Morgan fingerprint density at radius 1 is 1.15 bits per heavy atom. The molecule has 0 amide bonds. The summed E-state index contributed by atoms with van der Waals surface area (Å²) in [6.45, 7) is 2.16. The lowest BCUT2D eigenvalue weighted by molar-refractivity contribution is 0.0498. The third-order valence-corrected chi connectivity index (χ3v) is 7.51. The molecule has 1 fully saturated rings. The van der Waals surface area contributed by atoms with Gasteiger partial charge in [-0.15, -0.1) is 0 Å². The molecule has 4 rings (SSSR count). The largest absolute Gasteiger partial charge is 0.485 e. The maximum absolute atomic E-state index is 13.1. The Balaban J connectivity index is 1.65. The summed E-state index contributed by atoms with van der Waals surface area (Å²) >= 11 is 6.09. The van der Waals surface area contributed by atoms with Crippen molar-refractivity contribution in [2.24, 2.45) is 0 Å². The van der Waals surface area contributed by atoms with E-state index in [9.17, 15) is 13.2 Å². The second-order valence-corrected chi connectivity index (χ2v) is 9.15. The number of ether oxygens (including phenoxy) is 1. The molecule has 7 heteroatoms. The first-order chi connectivity index (χ1) is 12.3. The highest BCUT2D eigenvalue weighted by atomic mass is 35.5. The van der Waals surface area contributed by atoms with Gasteiger partial charge in [-0.2, -0.15) is 4.31 Å². The maximum Gasteiger partial charge on any atom is 0.243 e.